The predicted octanol–water partition coefficient (Wildman–Crippen LogP) is 2.34. The minimum Gasteiger partial charge on any atom is -0.275 e. The Kier molecular flexibility index (Phi) is 2.20. The SMILES string of the molecule is Cn1cc(-c2ccc3c(I)cnn3c2)cn1. The van der Waals surface area contributed by atoms with Gasteiger partial charge >= 0.3 is 0 Å². The summed E-state index contributed by atoms with van der Waals surface area (Å²) >= 11 is 2.28. The van der Waals surface area contributed by atoms with Gasteiger partial charge in [0.15, 0.2) is 0 Å². The minimum absolute atomic E-state index is 1.11. The van der Waals surface area contributed by atoms with Crippen LogP contribution in [0, 0.1) is 3.57 Å². The van der Waals surface area contributed by atoms with Gasteiger partial charge in [-0.15, -0.1) is 0 Å². The van der Waals surface area contributed by atoms with Gasteiger partial charge in [0.2, 0.25) is 0 Å². The van der Waals surface area contributed by atoms with Gasteiger partial charge in [0.25, 0.3) is 0 Å². The van der Waals surface area contributed by atoms with Crippen molar-refractivity contribution in [3.05, 3.63) is 40.5 Å². The lowest BCUT2D eigenvalue weighted by atomic mass is 10.1. The van der Waals surface area contributed by atoms with Gasteiger partial charge in [-0.3, -0.25) is 4.68 Å². The molecule has 0 atom stereocenters. The fourth-order valence-electron chi connectivity index (χ4n) is 1.69. The Morgan fingerprint density at radius 3 is 2.69 bits per heavy atom. The number of rotatable bonds is 1. The van der Waals surface area contributed by atoms with E-state index in [2.05, 4.69) is 44.9 Å². The Morgan fingerprint density at radius 2 is 1.94 bits per heavy atom. The van der Waals surface area contributed by atoms with E-state index in [-0.39, 0.29) is 0 Å². The summed E-state index contributed by atoms with van der Waals surface area (Å²) in [6.45, 7) is 0. The molecule has 0 saturated carbocycles. The number of pyridine rings is 1. The first kappa shape index (κ1) is 9.83. The molecule has 3 heterocycles. The second-order valence-electron chi connectivity index (χ2n) is 3.64. The van der Waals surface area contributed by atoms with E-state index in [1.54, 1.807) is 4.68 Å². The van der Waals surface area contributed by atoms with Crippen LogP contribution in [0.15, 0.2) is 36.9 Å². The minimum atomic E-state index is 1.11. The molecule has 80 valence electrons. The van der Waals surface area contributed by atoms with Crippen LogP contribution in [0.2, 0.25) is 0 Å². The van der Waals surface area contributed by atoms with Crippen molar-refractivity contribution < 1.29 is 0 Å². The predicted molar refractivity (Wildman–Crippen MR) is 70.1 cm³/mol. The van der Waals surface area contributed by atoms with Crippen molar-refractivity contribution in [1.29, 1.82) is 0 Å². The van der Waals surface area contributed by atoms with Gasteiger partial charge in [-0.2, -0.15) is 10.2 Å². The van der Waals surface area contributed by atoms with E-state index in [0.717, 1.165) is 20.2 Å². The lowest BCUT2D eigenvalue weighted by Crippen LogP contribution is -1.88. The van der Waals surface area contributed by atoms with Crippen molar-refractivity contribution >= 4 is 28.1 Å². The van der Waals surface area contributed by atoms with E-state index in [0.29, 0.717) is 0 Å². The van der Waals surface area contributed by atoms with E-state index in [4.69, 9.17) is 0 Å². The fraction of sp³-hybridized carbons (Fsp3) is 0.0909. The van der Waals surface area contributed by atoms with E-state index in [1.165, 1.54) is 0 Å². The summed E-state index contributed by atoms with van der Waals surface area (Å²) in [4.78, 5) is 0. The maximum atomic E-state index is 4.29. The molecule has 0 bridgehead atoms. The Balaban J connectivity index is 2.18. The zero-order chi connectivity index (χ0) is 11.1. The summed E-state index contributed by atoms with van der Waals surface area (Å²) in [6.07, 6.45) is 7.74. The van der Waals surface area contributed by atoms with E-state index in [1.807, 2.05) is 36.4 Å². The van der Waals surface area contributed by atoms with Crippen LogP contribution >= 0.6 is 22.6 Å². The smallest absolute Gasteiger partial charge is 0.0795 e. The molecule has 0 aliphatic carbocycles. The number of aryl methyl sites for hydroxylation is 1. The van der Waals surface area contributed by atoms with Gasteiger partial charge < -0.3 is 0 Å². The summed E-state index contributed by atoms with van der Waals surface area (Å²) in [5, 5.41) is 8.46. The van der Waals surface area contributed by atoms with Crippen molar-refractivity contribution in [2.75, 3.05) is 0 Å². The second kappa shape index (κ2) is 3.58. The highest BCUT2D eigenvalue weighted by atomic mass is 127. The van der Waals surface area contributed by atoms with Gasteiger partial charge in [0.1, 0.15) is 0 Å². The van der Waals surface area contributed by atoms with Gasteiger partial charge in [0.05, 0.1) is 21.5 Å². The summed E-state index contributed by atoms with van der Waals surface area (Å²) in [5.74, 6) is 0. The van der Waals surface area contributed by atoms with Crippen LogP contribution in [-0.2, 0) is 7.05 Å². The highest BCUT2D eigenvalue weighted by Crippen LogP contribution is 2.21. The number of hydrogen-bond acceptors (Lipinski definition) is 2. The van der Waals surface area contributed by atoms with E-state index in [9.17, 15) is 0 Å². The Morgan fingerprint density at radius 1 is 1.06 bits per heavy atom. The van der Waals surface area contributed by atoms with Crippen molar-refractivity contribution in [2.24, 2.45) is 7.05 Å². The molecule has 3 aromatic rings. The number of hydrogen-bond donors (Lipinski definition) is 0. The molecular formula is C11H9IN4. The first-order valence-corrected chi connectivity index (χ1v) is 5.94. The molecule has 0 aromatic carbocycles. The van der Waals surface area contributed by atoms with Crippen LogP contribution in [-0.4, -0.2) is 19.4 Å². The van der Waals surface area contributed by atoms with Crippen LogP contribution in [0.5, 0.6) is 0 Å². The first-order valence-electron chi connectivity index (χ1n) is 4.86. The third-order valence-corrected chi connectivity index (χ3v) is 3.34. The highest BCUT2D eigenvalue weighted by Gasteiger charge is 2.04. The topological polar surface area (TPSA) is 35.1 Å². The van der Waals surface area contributed by atoms with Gasteiger partial charge in [-0.25, -0.2) is 4.52 Å². The Hall–Kier alpha value is -1.37. The number of nitrogens with zero attached hydrogens (tertiary/aromatic N) is 4. The van der Waals surface area contributed by atoms with Gasteiger partial charge in [-0.1, -0.05) is 6.07 Å². The summed E-state index contributed by atoms with van der Waals surface area (Å²) in [5.41, 5.74) is 3.36. The number of fused-ring (bicyclic) bond motifs is 1. The molecule has 4 nitrogen and oxygen atoms in total. The second-order valence-corrected chi connectivity index (χ2v) is 4.80. The molecule has 3 rings (SSSR count). The van der Waals surface area contributed by atoms with Crippen LogP contribution < -0.4 is 0 Å². The van der Waals surface area contributed by atoms with E-state index >= 15 is 0 Å². The average Bonchev–Trinajstić information content (AvgIpc) is 2.86. The Bertz CT molecular complexity index is 653. The van der Waals surface area contributed by atoms with Gasteiger partial charge in [0, 0.05) is 30.6 Å². The van der Waals surface area contributed by atoms with Crippen LogP contribution in [0.3, 0.4) is 0 Å². The molecule has 0 radical (unpaired) electrons. The summed E-state index contributed by atoms with van der Waals surface area (Å²) in [7, 11) is 1.92. The maximum absolute atomic E-state index is 4.29. The molecule has 0 saturated heterocycles. The molecule has 0 N–H and O–H groups in total. The fourth-order valence-corrected chi connectivity index (χ4v) is 2.25. The zero-order valence-corrected chi connectivity index (χ0v) is 10.8. The third-order valence-electron chi connectivity index (χ3n) is 2.51. The molecule has 0 aliphatic rings. The monoisotopic (exact) mass is 324 g/mol. The Labute approximate surface area is 106 Å². The number of halogens is 1. The van der Waals surface area contributed by atoms with Crippen molar-refractivity contribution in [2.45, 2.75) is 0 Å². The van der Waals surface area contributed by atoms with Crippen LogP contribution in [0.4, 0.5) is 0 Å². The highest BCUT2D eigenvalue weighted by molar-refractivity contribution is 14.1. The molecule has 0 amide bonds. The lowest BCUT2D eigenvalue weighted by Gasteiger charge is -1.98. The van der Waals surface area contributed by atoms with Crippen molar-refractivity contribution in [1.82, 2.24) is 19.4 Å². The average molecular weight is 324 g/mol. The normalized spacial score (nSPS) is 11.1. The largest absolute Gasteiger partial charge is 0.275 e. The van der Waals surface area contributed by atoms with Crippen molar-refractivity contribution in [3.8, 4) is 11.1 Å². The molecular weight excluding hydrogens is 315 g/mol. The van der Waals surface area contributed by atoms with Crippen LogP contribution in [0.1, 0.15) is 0 Å². The summed E-state index contributed by atoms with van der Waals surface area (Å²) < 4.78 is 4.85. The lowest BCUT2D eigenvalue weighted by molar-refractivity contribution is 0.768. The number of aromatic nitrogens is 4. The molecule has 0 aliphatic heterocycles. The molecule has 16 heavy (non-hydrogen) atoms. The molecule has 5 heteroatoms. The maximum Gasteiger partial charge on any atom is 0.0795 e. The van der Waals surface area contributed by atoms with Crippen LogP contribution in [0.25, 0.3) is 16.6 Å². The first-order chi connectivity index (χ1) is 7.74. The van der Waals surface area contributed by atoms with E-state index < -0.39 is 0 Å². The molecule has 0 fully saturated rings. The van der Waals surface area contributed by atoms with Gasteiger partial charge in [-0.05, 0) is 28.7 Å². The summed E-state index contributed by atoms with van der Waals surface area (Å²) in [6, 6.07) is 4.17. The molecule has 0 unspecified atom stereocenters. The zero-order valence-electron chi connectivity index (χ0n) is 8.63. The molecule has 0 spiro atoms. The molecule has 3 aromatic heterocycles. The quantitative estimate of drug-likeness (QED) is 0.644. The third kappa shape index (κ3) is 1.51. The standard InChI is InChI=1S/C11H9IN4/c1-15-6-9(4-13-15)8-2-3-11-10(12)5-14-16(11)7-8/h2-7H,1H3. The van der Waals surface area contributed by atoms with Crippen molar-refractivity contribution in [3.63, 3.8) is 0 Å².